The highest BCUT2D eigenvalue weighted by Crippen LogP contribution is 2.41. The molecule has 33 heavy (non-hydrogen) atoms. The molecule has 3 aliphatic heterocycles. The lowest BCUT2D eigenvalue weighted by Gasteiger charge is -2.54. The number of carbonyl (C=O) groups is 2. The number of carbonyl (C=O) groups excluding carboxylic acids is 2. The van der Waals surface area contributed by atoms with Crippen molar-refractivity contribution in [1.29, 1.82) is 0 Å². The van der Waals surface area contributed by atoms with Crippen LogP contribution in [0.4, 0.5) is 13.2 Å². The van der Waals surface area contributed by atoms with E-state index in [0.29, 0.717) is 32.4 Å². The van der Waals surface area contributed by atoms with E-state index in [9.17, 15) is 31.2 Å². The van der Waals surface area contributed by atoms with E-state index in [1.807, 2.05) is 4.90 Å². The number of nitrogens with zero attached hydrogens (tertiary/aromatic N) is 2. The fraction of sp³-hybridized carbons (Fsp3) is 0.636. The number of cyclic esters (lactones) is 1. The van der Waals surface area contributed by atoms with Gasteiger partial charge in [-0.3, -0.25) is 14.5 Å². The lowest BCUT2D eigenvalue weighted by atomic mass is 9.71. The minimum absolute atomic E-state index is 0.122. The molecule has 0 unspecified atom stereocenters. The number of rotatable bonds is 6. The van der Waals surface area contributed by atoms with Crippen LogP contribution >= 0.6 is 0 Å². The SMILES string of the molecule is O=C1C[C@H](CCC(=O)N2CC3(CCN(Cc4ccc(S(=O)(=O)C(F)(F)F)cc4)CC3)C2)CO1. The van der Waals surface area contributed by atoms with Gasteiger partial charge in [-0.15, -0.1) is 0 Å². The molecule has 1 aromatic rings. The molecule has 0 aromatic heterocycles. The Labute approximate surface area is 190 Å². The second-order valence-corrected chi connectivity index (χ2v) is 11.4. The van der Waals surface area contributed by atoms with E-state index in [0.717, 1.165) is 56.7 Å². The van der Waals surface area contributed by atoms with E-state index >= 15 is 0 Å². The van der Waals surface area contributed by atoms with Gasteiger partial charge in [0.25, 0.3) is 9.84 Å². The van der Waals surface area contributed by atoms with Crippen molar-refractivity contribution in [3.8, 4) is 0 Å². The first kappa shape index (κ1) is 24.0. The molecule has 11 heteroatoms. The zero-order valence-electron chi connectivity index (χ0n) is 18.1. The van der Waals surface area contributed by atoms with Gasteiger partial charge in [0.1, 0.15) is 0 Å². The Morgan fingerprint density at radius 2 is 1.76 bits per heavy atom. The minimum atomic E-state index is -5.33. The zero-order chi connectivity index (χ0) is 23.9. The first-order valence-electron chi connectivity index (χ1n) is 11.0. The first-order chi connectivity index (χ1) is 15.5. The van der Waals surface area contributed by atoms with Gasteiger partial charge in [-0.1, -0.05) is 12.1 Å². The summed E-state index contributed by atoms with van der Waals surface area (Å²) in [5, 5.41) is 0. The summed E-state index contributed by atoms with van der Waals surface area (Å²) in [5.41, 5.74) is -4.42. The van der Waals surface area contributed by atoms with Crippen LogP contribution < -0.4 is 0 Å². The van der Waals surface area contributed by atoms with E-state index in [1.54, 1.807) is 0 Å². The van der Waals surface area contributed by atoms with Crippen LogP contribution in [0.25, 0.3) is 0 Å². The van der Waals surface area contributed by atoms with Crippen molar-refractivity contribution < 1.29 is 35.9 Å². The number of halogens is 3. The molecule has 0 radical (unpaired) electrons. The number of sulfone groups is 1. The number of piperidine rings is 1. The van der Waals surface area contributed by atoms with E-state index < -0.39 is 20.2 Å². The third-order valence-corrected chi connectivity index (χ3v) is 8.47. The molecular weight excluding hydrogens is 461 g/mol. The highest BCUT2D eigenvalue weighted by Gasteiger charge is 2.47. The highest BCUT2D eigenvalue weighted by molar-refractivity contribution is 7.92. The second kappa shape index (κ2) is 8.90. The first-order valence-corrected chi connectivity index (χ1v) is 12.5. The molecule has 3 saturated heterocycles. The smallest absolute Gasteiger partial charge is 0.465 e. The van der Waals surface area contributed by atoms with Gasteiger partial charge in [0, 0.05) is 37.4 Å². The number of alkyl halides is 3. The third-order valence-electron chi connectivity index (χ3n) is 6.97. The number of ether oxygens (including phenoxy) is 1. The monoisotopic (exact) mass is 488 g/mol. The van der Waals surface area contributed by atoms with Crippen LogP contribution in [-0.4, -0.2) is 68.4 Å². The van der Waals surface area contributed by atoms with Crippen molar-refractivity contribution in [2.24, 2.45) is 11.3 Å². The summed E-state index contributed by atoms with van der Waals surface area (Å²) in [6.45, 7) is 4.05. The summed E-state index contributed by atoms with van der Waals surface area (Å²) in [5.74, 6) is 0.0725. The predicted molar refractivity (Wildman–Crippen MR) is 112 cm³/mol. The maximum absolute atomic E-state index is 12.7. The van der Waals surface area contributed by atoms with Gasteiger partial charge in [-0.05, 0) is 50.0 Å². The summed E-state index contributed by atoms with van der Waals surface area (Å²) in [6, 6.07) is 4.87. The highest BCUT2D eigenvalue weighted by atomic mass is 32.2. The van der Waals surface area contributed by atoms with Gasteiger partial charge in [0.05, 0.1) is 17.9 Å². The normalized spacial score (nSPS) is 23.4. The largest absolute Gasteiger partial charge is 0.501 e. The number of likely N-dealkylation sites (tertiary alicyclic amines) is 2. The summed E-state index contributed by atoms with van der Waals surface area (Å²) in [4.78, 5) is 26.9. The molecule has 1 spiro atoms. The maximum atomic E-state index is 12.7. The van der Waals surface area contributed by atoms with Crippen molar-refractivity contribution >= 4 is 21.7 Å². The van der Waals surface area contributed by atoms with Crippen LogP contribution in [0, 0.1) is 11.3 Å². The molecule has 7 nitrogen and oxygen atoms in total. The molecule has 0 aliphatic carbocycles. The lowest BCUT2D eigenvalue weighted by Crippen LogP contribution is -2.61. The Morgan fingerprint density at radius 3 is 2.30 bits per heavy atom. The van der Waals surface area contributed by atoms with Crippen LogP contribution in [0.2, 0.25) is 0 Å². The third kappa shape index (κ3) is 5.18. The molecule has 1 aromatic carbocycles. The van der Waals surface area contributed by atoms with Crippen molar-refractivity contribution in [2.45, 2.75) is 49.1 Å². The standard InChI is InChI=1S/C22H27F3N2O5S/c23-22(24,25)33(30,31)18-4-1-16(2-5-18)12-26-9-7-21(8-10-26)14-27(15-21)19(28)6-3-17-11-20(29)32-13-17/h1-2,4-5,17H,3,6-15H2/t17-/m0/s1. The Bertz CT molecular complexity index is 994. The van der Waals surface area contributed by atoms with Crippen molar-refractivity contribution in [3.63, 3.8) is 0 Å². The molecule has 4 rings (SSSR count). The van der Waals surface area contributed by atoms with Crippen LogP contribution in [0.5, 0.6) is 0 Å². The van der Waals surface area contributed by atoms with Gasteiger partial charge in [-0.2, -0.15) is 13.2 Å². The van der Waals surface area contributed by atoms with Crippen LogP contribution in [0.1, 0.15) is 37.7 Å². The number of amides is 1. The quantitative estimate of drug-likeness (QED) is 0.573. The fourth-order valence-electron chi connectivity index (χ4n) is 4.84. The van der Waals surface area contributed by atoms with Crippen molar-refractivity contribution in [3.05, 3.63) is 29.8 Å². The molecule has 1 atom stereocenters. The Balaban J connectivity index is 1.21. The van der Waals surface area contributed by atoms with E-state index in [2.05, 4.69) is 4.90 Å². The molecule has 3 fully saturated rings. The average Bonchev–Trinajstić information content (AvgIpc) is 3.16. The van der Waals surface area contributed by atoms with Gasteiger partial charge < -0.3 is 9.64 Å². The summed E-state index contributed by atoms with van der Waals surface area (Å²) in [6.07, 6.45) is 3.37. The van der Waals surface area contributed by atoms with E-state index in [-0.39, 0.29) is 23.2 Å². The van der Waals surface area contributed by atoms with Gasteiger partial charge in [-0.25, -0.2) is 8.42 Å². The molecule has 0 N–H and O–H groups in total. The van der Waals surface area contributed by atoms with Gasteiger partial charge in [0.15, 0.2) is 0 Å². The fourth-order valence-corrected chi connectivity index (χ4v) is 5.60. The van der Waals surface area contributed by atoms with Gasteiger partial charge in [0.2, 0.25) is 5.91 Å². The number of hydrogen-bond acceptors (Lipinski definition) is 6. The molecule has 3 heterocycles. The summed E-state index contributed by atoms with van der Waals surface area (Å²) >= 11 is 0. The molecule has 1 amide bonds. The van der Waals surface area contributed by atoms with Crippen molar-refractivity contribution in [1.82, 2.24) is 9.80 Å². The molecule has 3 aliphatic rings. The second-order valence-electron chi connectivity index (χ2n) is 9.41. The topological polar surface area (TPSA) is 84.0 Å². The Morgan fingerprint density at radius 1 is 1.12 bits per heavy atom. The van der Waals surface area contributed by atoms with Crippen molar-refractivity contribution in [2.75, 3.05) is 32.8 Å². The summed E-state index contributed by atoms with van der Waals surface area (Å²) < 4.78 is 65.9. The molecule has 0 bridgehead atoms. The predicted octanol–water partition coefficient (Wildman–Crippen LogP) is 2.75. The van der Waals surface area contributed by atoms with Crippen LogP contribution in [0.3, 0.4) is 0 Å². The minimum Gasteiger partial charge on any atom is -0.465 e. The number of benzene rings is 1. The summed E-state index contributed by atoms with van der Waals surface area (Å²) in [7, 11) is -5.33. The number of esters is 1. The van der Waals surface area contributed by atoms with Crippen LogP contribution in [-0.2, 0) is 30.7 Å². The zero-order valence-corrected chi connectivity index (χ0v) is 19.0. The van der Waals surface area contributed by atoms with E-state index in [4.69, 9.17) is 4.74 Å². The van der Waals surface area contributed by atoms with Gasteiger partial charge >= 0.3 is 11.5 Å². The molecule has 182 valence electrons. The number of hydrogen-bond donors (Lipinski definition) is 0. The van der Waals surface area contributed by atoms with Crippen LogP contribution in [0.15, 0.2) is 29.2 Å². The molecular formula is C22H27F3N2O5S. The van der Waals surface area contributed by atoms with E-state index in [1.165, 1.54) is 12.1 Å². The Hall–Kier alpha value is -2.14. The molecule has 0 saturated carbocycles. The lowest BCUT2D eigenvalue weighted by molar-refractivity contribution is -0.147. The maximum Gasteiger partial charge on any atom is 0.501 e. The Kier molecular flexibility index (Phi) is 6.47. The average molecular weight is 489 g/mol.